The van der Waals surface area contributed by atoms with Gasteiger partial charge in [0, 0.05) is 11.1 Å². The molecule has 3 nitrogen and oxygen atoms in total. The first-order valence-electron chi connectivity index (χ1n) is 5.08. The molecule has 90 valence electrons. The maximum atomic E-state index is 10.2. The molecule has 0 saturated heterocycles. The maximum absolute atomic E-state index is 10.2. The summed E-state index contributed by atoms with van der Waals surface area (Å²) < 4.78 is 0. The van der Waals surface area contributed by atoms with Gasteiger partial charge >= 0.3 is 5.97 Å². The van der Waals surface area contributed by atoms with Crippen LogP contribution in [0, 0.1) is 0 Å². The van der Waals surface area contributed by atoms with E-state index >= 15 is 0 Å². The molecule has 0 fully saturated rings. The van der Waals surface area contributed by atoms with E-state index in [1.165, 1.54) is 0 Å². The molecular formula is C14H16O3. The highest BCUT2D eigenvalue weighted by atomic mass is 16.4. The summed E-state index contributed by atoms with van der Waals surface area (Å²) in [5, 5.41) is 8.11. The molecule has 1 aromatic carbocycles. The van der Waals surface area contributed by atoms with Crippen molar-refractivity contribution < 1.29 is 14.7 Å². The smallest absolute Gasteiger partial charge is 0.330 e. The van der Waals surface area contributed by atoms with Gasteiger partial charge in [0.15, 0.2) is 0 Å². The molecule has 1 aromatic rings. The Balaban J connectivity index is 0.000000325. The van der Waals surface area contributed by atoms with E-state index in [9.17, 15) is 9.59 Å². The third-order valence-corrected chi connectivity index (χ3v) is 2.06. The van der Waals surface area contributed by atoms with Crippen molar-refractivity contribution >= 4 is 17.8 Å². The zero-order valence-corrected chi connectivity index (χ0v) is 10.0. The van der Waals surface area contributed by atoms with E-state index in [0.29, 0.717) is 11.1 Å². The van der Waals surface area contributed by atoms with Gasteiger partial charge in [0.05, 0.1) is 0 Å². The minimum Gasteiger partial charge on any atom is -0.478 e. The largest absolute Gasteiger partial charge is 0.478 e. The third-order valence-electron chi connectivity index (χ3n) is 2.06. The Morgan fingerprint density at radius 3 is 2.12 bits per heavy atom. The van der Waals surface area contributed by atoms with E-state index in [1.54, 1.807) is 19.9 Å². The van der Waals surface area contributed by atoms with Crippen LogP contribution in [0.4, 0.5) is 0 Å². The lowest BCUT2D eigenvalue weighted by atomic mass is 10.1. The van der Waals surface area contributed by atoms with Gasteiger partial charge < -0.3 is 5.11 Å². The Morgan fingerprint density at radius 1 is 1.29 bits per heavy atom. The Bertz CT molecular complexity index is 416. The third kappa shape index (κ3) is 6.10. The summed E-state index contributed by atoms with van der Waals surface area (Å²) in [5.74, 6) is -0.845. The van der Waals surface area contributed by atoms with Crippen LogP contribution < -0.4 is 0 Å². The molecule has 0 heterocycles. The average Bonchev–Trinajstić information content (AvgIpc) is 2.38. The van der Waals surface area contributed by atoms with Crippen LogP contribution in [-0.4, -0.2) is 17.4 Å². The van der Waals surface area contributed by atoms with E-state index < -0.39 is 5.97 Å². The molecule has 0 radical (unpaired) electrons. The Kier molecular flexibility index (Phi) is 7.02. The number of carbonyl (C=O) groups is 2. The first-order valence-corrected chi connectivity index (χ1v) is 5.08. The normalized spacial score (nSPS) is 9.88. The molecule has 0 aliphatic carbocycles. The molecule has 1 rings (SSSR count). The lowest BCUT2D eigenvalue weighted by Crippen LogP contribution is -1.93. The lowest BCUT2D eigenvalue weighted by molar-refractivity contribution is -0.132. The molecule has 1 N–H and O–H groups in total. The van der Waals surface area contributed by atoms with E-state index in [-0.39, 0.29) is 0 Å². The van der Waals surface area contributed by atoms with Gasteiger partial charge in [0.25, 0.3) is 0 Å². The maximum Gasteiger partial charge on any atom is 0.330 e. The van der Waals surface area contributed by atoms with Crippen LogP contribution in [0.5, 0.6) is 0 Å². The van der Waals surface area contributed by atoms with Gasteiger partial charge in [0.1, 0.15) is 6.29 Å². The molecule has 0 unspecified atom stereocenters. The lowest BCUT2D eigenvalue weighted by Gasteiger charge is -1.93. The number of hydrogen-bond acceptors (Lipinski definition) is 2. The molecular weight excluding hydrogens is 216 g/mol. The van der Waals surface area contributed by atoms with Gasteiger partial charge in [-0.1, -0.05) is 43.0 Å². The number of allylic oxidation sites excluding steroid dienone is 2. The second kappa shape index (κ2) is 8.05. The van der Waals surface area contributed by atoms with Crippen molar-refractivity contribution in [1.82, 2.24) is 0 Å². The second-order valence-corrected chi connectivity index (χ2v) is 3.29. The zero-order valence-electron chi connectivity index (χ0n) is 10.0. The van der Waals surface area contributed by atoms with Gasteiger partial charge in [-0.25, -0.2) is 4.79 Å². The molecule has 0 bridgehead atoms. The number of aliphatic carboxylic acids is 1. The van der Waals surface area contributed by atoms with Crippen LogP contribution in [0.25, 0.3) is 5.57 Å². The monoisotopic (exact) mass is 232 g/mol. The van der Waals surface area contributed by atoms with Crippen molar-refractivity contribution in [2.45, 2.75) is 13.8 Å². The minimum absolute atomic E-state index is 0.389. The molecule has 0 saturated carbocycles. The number of carbonyl (C=O) groups excluding carboxylic acids is 1. The predicted molar refractivity (Wildman–Crippen MR) is 68.6 cm³/mol. The number of carboxylic acid groups (broad SMARTS) is 1. The van der Waals surface area contributed by atoms with Crippen LogP contribution in [0.2, 0.25) is 0 Å². The quantitative estimate of drug-likeness (QED) is 0.644. The highest BCUT2D eigenvalue weighted by Gasteiger charge is 1.93. The predicted octanol–water partition coefficient (Wildman–Crippen LogP) is 2.94. The summed E-state index contributed by atoms with van der Waals surface area (Å²) in [6.45, 7) is 6.83. The van der Waals surface area contributed by atoms with Gasteiger partial charge in [-0.3, -0.25) is 4.79 Å². The van der Waals surface area contributed by atoms with Gasteiger partial charge in [-0.05, 0) is 19.4 Å². The van der Waals surface area contributed by atoms with Crippen LogP contribution in [-0.2, 0) is 9.59 Å². The summed E-state index contributed by atoms with van der Waals surface area (Å²) in [6, 6.07) is 9.38. The summed E-state index contributed by atoms with van der Waals surface area (Å²) in [4.78, 5) is 20.1. The van der Waals surface area contributed by atoms with E-state index in [2.05, 4.69) is 6.58 Å². The fourth-order valence-electron chi connectivity index (χ4n) is 0.844. The molecule has 0 aromatic heterocycles. The standard InChI is InChI=1S/C9H8O.C5H8O2/c1-8(7-10)9-5-3-2-4-6-9;1-3-4(2)5(6)7/h2-7H,1H2;3H,1-2H3,(H,6,7). The fraction of sp³-hybridized carbons (Fsp3) is 0.143. The highest BCUT2D eigenvalue weighted by Crippen LogP contribution is 2.07. The number of benzene rings is 1. The van der Waals surface area contributed by atoms with Crippen molar-refractivity contribution in [2.24, 2.45) is 0 Å². The summed E-state index contributed by atoms with van der Waals surface area (Å²) in [5.41, 5.74) is 1.80. The van der Waals surface area contributed by atoms with E-state index in [0.717, 1.165) is 11.8 Å². The number of hydrogen-bond donors (Lipinski definition) is 1. The first-order chi connectivity index (χ1) is 8.02. The fourth-order valence-corrected chi connectivity index (χ4v) is 0.844. The van der Waals surface area contributed by atoms with Crippen molar-refractivity contribution in [2.75, 3.05) is 0 Å². The van der Waals surface area contributed by atoms with Crippen molar-refractivity contribution in [1.29, 1.82) is 0 Å². The number of rotatable bonds is 3. The van der Waals surface area contributed by atoms with Crippen LogP contribution in [0.15, 0.2) is 48.6 Å². The zero-order chi connectivity index (χ0) is 13.3. The molecule has 3 heteroatoms. The molecule has 17 heavy (non-hydrogen) atoms. The summed E-state index contributed by atoms with van der Waals surface area (Å²) >= 11 is 0. The van der Waals surface area contributed by atoms with Crippen LogP contribution in [0.3, 0.4) is 0 Å². The van der Waals surface area contributed by atoms with Crippen molar-refractivity contribution in [3.63, 3.8) is 0 Å². The highest BCUT2D eigenvalue weighted by molar-refractivity contribution is 6.05. The summed E-state index contributed by atoms with van der Waals surface area (Å²) in [6.07, 6.45) is 2.32. The van der Waals surface area contributed by atoms with E-state index in [1.807, 2.05) is 30.3 Å². The Hall–Kier alpha value is -2.16. The number of aldehydes is 1. The van der Waals surface area contributed by atoms with Gasteiger partial charge in [-0.15, -0.1) is 0 Å². The topological polar surface area (TPSA) is 54.4 Å². The molecule has 0 atom stereocenters. The average molecular weight is 232 g/mol. The van der Waals surface area contributed by atoms with Crippen LogP contribution >= 0.6 is 0 Å². The second-order valence-electron chi connectivity index (χ2n) is 3.29. The SMILES string of the molecule is C=C(C=O)c1ccccc1.CC=C(C)C(=O)O. The van der Waals surface area contributed by atoms with Crippen LogP contribution in [0.1, 0.15) is 19.4 Å². The number of carboxylic acids is 1. The van der Waals surface area contributed by atoms with E-state index in [4.69, 9.17) is 5.11 Å². The molecule has 0 spiro atoms. The molecule has 0 aliphatic heterocycles. The van der Waals surface area contributed by atoms with Crippen molar-refractivity contribution in [3.8, 4) is 0 Å². The Morgan fingerprint density at radius 2 is 1.82 bits per heavy atom. The first kappa shape index (κ1) is 14.8. The Labute approximate surface area is 101 Å². The van der Waals surface area contributed by atoms with Gasteiger partial charge in [-0.2, -0.15) is 0 Å². The molecule has 0 aliphatic rings. The minimum atomic E-state index is -0.845. The summed E-state index contributed by atoms with van der Waals surface area (Å²) in [7, 11) is 0. The van der Waals surface area contributed by atoms with Crippen molar-refractivity contribution in [3.05, 3.63) is 54.1 Å². The van der Waals surface area contributed by atoms with Gasteiger partial charge in [0.2, 0.25) is 0 Å². The molecule has 0 amide bonds.